The summed E-state index contributed by atoms with van der Waals surface area (Å²) in [5, 5.41) is 15.0. The molecule has 2 amide bonds. The molecule has 3 aromatic carbocycles. The molecule has 2 aliphatic rings. The summed E-state index contributed by atoms with van der Waals surface area (Å²) in [6, 6.07) is 23.4. The van der Waals surface area contributed by atoms with Crippen molar-refractivity contribution in [3.8, 4) is 0 Å². The van der Waals surface area contributed by atoms with Crippen LogP contribution < -0.4 is 10.6 Å². The topological polar surface area (TPSA) is 109 Å². The van der Waals surface area contributed by atoms with Crippen molar-refractivity contribution in [2.45, 2.75) is 63.3 Å². The first-order valence-corrected chi connectivity index (χ1v) is 15.0. The molecule has 228 valence electrons. The number of likely N-dealkylation sites (tertiary alicyclic amines) is 1. The van der Waals surface area contributed by atoms with E-state index in [1.54, 1.807) is 12.1 Å². The number of amides is 2. The molecule has 9 heteroatoms. The lowest BCUT2D eigenvalue weighted by Crippen LogP contribution is -2.45. The standard InChI is InChI=1S/C34H41N3O6/c1-41-32(39)30(20-24-8-4-2-5-9-24)36-34(40)35-28-16-14-27(15-17-28)33-42-29(22-37-18-6-3-7-19-37)21-31(43-33)26-12-10-25(23-38)11-13-26/h2,4-5,8-17,29-31,33,38H,3,6-7,18-23H2,1H3,(H2,35,36,40). The monoisotopic (exact) mass is 587 g/mol. The number of esters is 1. The molecule has 2 aliphatic heterocycles. The van der Waals surface area contributed by atoms with Gasteiger partial charge in [0.15, 0.2) is 6.29 Å². The highest BCUT2D eigenvalue weighted by Gasteiger charge is 2.33. The molecule has 0 radical (unpaired) electrons. The number of aliphatic hydroxyl groups is 1. The number of aliphatic hydroxyl groups excluding tert-OH is 1. The highest BCUT2D eigenvalue weighted by molar-refractivity contribution is 5.92. The van der Waals surface area contributed by atoms with Crippen LogP contribution in [-0.2, 0) is 32.0 Å². The number of carbonyl (C=O) groups excluding carboxylic acids is 2. The smallest absolute Gasteiger partial charge is 0.328 e. The Labute approximate surface area is 253 Å². The maximum Gasteiger partial charge on any atom is 0.328 e. The summed E-state index contributed by atoms with van der Waals surface area (Å²) in [6.45, 7) is 3.04. The van der Waals surface area contributed by atoms with Crippen LogP contribution in [0.2, 0.25) is 0 Å². The molecule has 3 aromatic rings. The summed E-state index contributed by atoms with van der Waals surface area (Å²) in [4.78, 5) is 27.6. The average Bonchev–Trinajstić information content (AvgIpc) is 3.05. The number of ether oxygens (including phenoxy) is 3. The molecule has 2 saturated heterocycles. The third kappa shape index (κ3) is 8.64. The lowest BCUT2D eigenvalue weighted by atomic mass is 9.99. The predicted octanol–water partition coefficient (Wildman–Crippen LogP) is 5.12. The van der Waals surface area contributed by atoms with Gasteiger partial charge in [-0.2, -0.15) is 0 Å². The van der Waals surface area contributed by atoms with Crippen molar-refractivity contribution >= 4 is 17.7 Å². The molecule has 0 aromatic heterocycles. The molecule has 2 fully saturated rings. The van der Waals surface area contributed by atoms with E-state index in [9.17, 15) is 14.7 Å². The Morgan fingerprint density at radius 2 is 1.60 bits per heavy atom. The molecule has 3 N–H and O–H groups in total. The Kier molecular flexibility index (Phi) is 10.8. The van der Waals surface area contributed by atoms with Crippen molar-refractivity contribution in [3.05, 3.63) is 101 Å². The van der Waals surface area contributed by atoms with Gasteiger partial charge in [0.2, 0.25) is 0 Å². The summed E-state index contributed by atoms with van der Waals surface area (Å²) in [5.74, 6) is -0.513. The molecule has 0 bridgehead atoms. The normalized spacial score (nSPS) is 21.5. The minimum absolute atomic E-state index is 0.00261. The summed E-state index contributed by atoms with van der Waals surface area (Å²) < 4.78 is 17.9. The van der Waals surface area contributed by atoms with Gasteiger partial charge in [0, 0.05) is 30.6 Å². The average molecular weight is 588 g/mol. The first-order valence-electron chi connectivity index (χ1n) is 15.0. The van der Waals surface area contributed by atoms with E-state index >= 15 is 0 Å². The number of benzene rings is 3. The van der Waals surface area contributed by atoms with Crippen LogP contribution in [0, 0.1) is 0 Å². The van der Waals surface area contributed by atoms with E-state index in [4.69, 9.17) is 14.2 Å². The molecule has 0 saturated carbocycles. The first-order chi connectivity index (χ1) is 21.0. The molecule has 0 aliphatic carbocycles. The van der Waals surface area contributed by atoms with Gasteiger partial charge >= 0.3 is 12.0 Å². The van der Waals surface area contributed by atoms with Crippen molar-refractivity contribution in [2.24, 2.45) is 0 Å². The van der Waals surface area contributed by atoms with Crippen molar-refractivity contribution in [1.82, 2.24) is 10.2 Å². The fraction of sp³-hybridized carbons (Fsp3) is 0.412. The molecule has 43 heavy (non-hydrogen) atoms. The number of hydrogen-bond donors (Lipinski definition) is 3. The van der Waals surface area contributed by atoms with Gasteiger partial charge in [-0.05, 0) is 54.8 Å². The third-order valence-corrected chi connectivity index (χ3v) is 8.04. The highest BCUT2D eigenvalue weighted by atomic mass is 16.7. The van der Waals surface area contributed by atoms with Gasteiger partial charge < -0.3 is 34.9 Å². The van der Waals surface area contributed by atoms with Crippen LogP contribution in [0.25, 0.3) is 0 Å². The van der Waals surface area contributed by atoms with E-state index in [1.807, 2.05) is 66.7 Å². The van der Waals surface area contributed by atoms with E-state index in [-0.39, 0.29) is 18.8 Å². The van der Waals surface area contributed by atoms with Crippen molar-refractivity contribution in [3.63, 3.8) is 0 Å². The van der Waals surface area contributed by atoms with Gasteiger partial charge in [-0.15, -0.1) is 0 Å². The SMILES string of the molecule is COC(=O)C(Cc1ccccc1)NC(=O)Nc1ccc(C2OC(CN3CCCCC3)CC(c3ccc(CO)cc3)O2)cc1. The van der Waals surface area contributed by atoms with Crippen molar-refractivity contribution in [2.75, 3.05) is 32.1 Å². The lowest BCUT2D eigenvalue weighted by molar-refractivity contribution is -0.253. The molecule has 0 spiro atoms. The number of nitrogens with one attached hydrogen (secondary N) is 2. The Hall–Kier alpha value is -3.76. The van der Waals surface area contributed by atoms with Crippen molar-refractivity contribution < 1.29 is 28.9 Å². The van der Waals surface area contributed by atoms with E-state index in [0.717, 1.165) is 48.3 Å². The number of hydrogen-bond acceptors (Lipinski definition) is 7. The zero-order valence-corrected chi connectivity index (χ0v) is 24.6. The predicted molar refractivity (Wildman–Crippen MR) is 163 cm³/mol. The number of anilines is 1. The first kappa shape index (κ1) is 30.7. The summed E-state index contributed by atoms with van der Waals surface area (Å²) >= 11 is 0. The quantitative estimate of drug-likeness (QED) is 0.283. The maximum atomic E-state index is 12.8. The Morgan fingerprint density at radius 1 is 0.907 bits per heavy atom. The van der Waals surface area contributed by atoms with Crippen LogP contribution >= 0.6 is 0 Å². The highest BCUT2D eigenvalue weighted by Crippen LogP contribution is 2.38. The minimum Gasteiger partial charge on any atom is -0.467 e. The second kappa shape index (κ2) is 15.1. The van der Waals surface area contributed by atoms with Gasteiger partial charge in [0.1, 0.15) is 6.04 Å². The van der Waals surface area contributed by atoms with Gasteiger partial charge in [0.25, 0.3) is 0 Å². The number of nitrogens with zero attached hydrogens (tertiary/aromatic N) is 1. The van der Waals surface area contributed by atoms with Crippen LogP contribution in [0.1, 0.15) is 60.3 Å². The Morgan fingerprint density at radius 3 is 2.28 bits per heavy atom. The second-order valence-electron chi connectivity index (χ2n) is 11.2. The van der Waals surface area contributed by atoms with E-state index in [0.29, 0.717) is 12.1 Å². The van der Waals surface area contributed by atoms with E-state index in [2.05, 4.69) is 15.5 Å². The van der Waals surface area contributed by atoms with E-state index < -0.39 is 24.3 Å². The fourth-order valence-corrected chi connectivity index (χ4v) is 5.70. The molecular weight excluding hydrogens is 546 g/mol. The molecule has 2 heterocycles. The van der Waals surface area contributed by atoms with Gasteiger partial charge in [0.05, 0.1) is 25.9 Å². The van der Waals surface area contributed by atoms with Crippen LogP contribution in [0.3, 0.4) is 0 Å². The van der Waals surface area contributed by atoms with Crippen LogP contribution in [0.15, 0.2) is 78.9 Å². The van der Waals surface area contributed by atoms with Gasteiger partial charge in [-0.25, -0.2) is 9.59 Å². The maximum absolute atomic E-state index is 12.8. The Balaban J connectivity index is 1.24. The zero-order valence-electron chi connectivity index (χ0n) is 24.6. The number of urea groups is 1. The molecule has 9 nitrogen and oxygen atoms in total. The molecule has 4 atom stereocenters. The molecule has 4 unspecified atom stereocenters. The number of methoxy groups -OCH3 is 1. The number of piperidine rings is 1. The summed E-state index contributed by atoms with van der Waals surface area (Å²) in [6.07, 6.45) is 4.06. The lowest BCUT2D eigenvalue weighted by Gasteiger charge is -2.39. The number of rotatable bonds is 10. The zero-order chi connectivity index (χ0) is 30.0. The summed E-state index contributed by atoms with van der Waals surface area (Å²) in [5.41, 5.74) is 4.25. The van der Waals surface area contributed by atoms with Crippen molar-refractivity contribution in [1.29, 1.82) is 0 Å². The van der Waals surface area contributed by atoms with Crippen LogP contribution in [0.4, 0.5) is 10.5 Å². The number of carbonyl (C=O) groups is 2. The van der Waals surface area contributed by atoms with Crippen LogP contribution in [0.5, 0.6) is 0 Å². The molecular formula is C34H41N3O6. The largest absolute Gasteiger partial charge is 0.467 e. The second-order valence-corrected chi connectivity index (χ2v) is 11.2. The van der Waals surface area contributed by atoms with Crippen LogP contribution in [-0.4, -0.2) is 60.9 Å². The third-order valence-electron chi connectivity index (χ3n) is 8.04. The summed E-state index contributed by atoms with van der Waals surface area (Å²) in [7, 11) is 1.31. The van der Waals surface area contributed by atoms with Gasteiger partial charge in [-0.3, -0.25) is 0 Å². The van der Waals surface area contributed by atoms with E-state index in [1.165, 1.54) is 26.4 Å². The fourth-order valence-electron chi connectivity index (χ4n) is 5.70. The minimum atomic E-state index is -0.823. The van der Waals surface area contributed by atoms with Gasteiger partial charge in [-0.1, -0.05) is 73.2 Å². The Bertz CT molecular complexity index is 1310. The molecule has 5 rings (SSSR count).